The Hall–Kier alpha value is -1.03. The second-order valence-electron chi connectivity index (χ2n) is 4.47. The van der Waals surface area contributed by atoms with E-state index >= 15 is 0 Å². The zero-order chi connectivity index (χ0) is 12.3. The SMILES string of the molecule is Cc1cc(C(=O)NC(C)(C)CBr)ccc1O. The summed E-state index contributed by atoms with van der Waals surface area (Å²) in [6, 6.07) is 4.82. The van der Waals surface area contributed by atoms with Crippen molar-refractivity contribution < 1.29 is 9.90 Å². The molecule has 1 amide bonds. The minimum atomic E-state index is -0.289. The van der Waals surface area contributed by atoms with Crippen LogP contribution in [0.5, 0.6) is 5.75 Å². The van der Waals surface area contributed by atoms with Gasteiger partial charge in [0, 0.05) is 16.4 Å². The number of hydrogen-bond donors (Lipinski definition) is 2. The fourth-order valence-corrected chi connectivity index (χ4v) is 1.35. The van der Waals surface area contributed by atoms with Crippen LogP contribution in [0.15, 0.2) is 18.2 Å². The van der Waals surface area contributed by atoms with Gasteiger partial charge in [0.05, 0.1) is 0 Å². The van der Waals surface area contributed by atoms with Crippen molar-refractivity contribution in [2.45, 2.75) is 26.3 Å². The maximum atomic E-state index is 11.9. The van der Waals surface area contributed by atoms with Gasteiger partial charge in [-0.25, -0.2) is 0 Å². The molecular formula is C12H16BrNO2. The van der Waals surface area contributed by atoms with Gasteiger partial charge in [-0.2, -0.15) is 0 Å². The molecule has 88 valence electrons. The number of amides is 1. The molecule has 0 aromatic heterocycles. The van der Waals surface area contributed by atoms with Gasteiger partial charge in [0.1, 0.15) is 5.75 Å². The number of benzene rings is 1. The zero-order valence-electron chi connectivity index (χ0n) is 9.67. The molecule has 0 aliphatic rings. The van der Waals surface area contributed by atoms with Crippen molar-refractivity contribution in [3.05, 3.63) is 29.3 Å². The lowest BCUT2D eigenvalue weighted by Crippen LogP contribution is -2.44. The van der Waals surface area contributed by atoms with Crippen molar-refractivity contribution in [3.8, 4) is 5.75 Å². The molecule has 2 N–H and O–H groups in total. The number of phenols is 1. The molecule has 3 nitrogen and oxygen atoms in total. The molecule has 1 aromatic rings. The monoisotopic (exact) mass is 285 g/mol. The number of rotatable bonds is 3. The Morgan fingerprint density at radius 2 is 2.12 bits per heavy atom. The number of nitrogens with one attached hydrogen (secondary N) is 1. The van der Waals surface area contributed by atoms with Gasteiger partial charge in [0.2, 0.25) is 0 Å². The van der Waals surface area contributed by atoms with Crippen LogP contribution in [0.4, 0.5) is 0 Å². The first-order chi connectivity index (χ1) is 7.35. The third-order valence-electron chi connectivity index (χ3n) is 2.24. The maximum absolute atomic E-state index is 11.9. The molecule has 0 unspecified atom stereocenters. The molecule has 16 heavy (non-hydrogen) atoms. The summed E-state index contributed by atoms with van der Waals surface area (Å²) in [5.41, 5.74) is 0.969. The van der Waals surface area contributed by atoms with Gasteiger partial charge in [0.15, 0.2) is 0 Å². The lowest BCUT2D eigenvalue weighted by atomic mass is 10.1. The van der Waals surface area contributed by atoms with Crippen molar-refractivity contribution in [2.24, 2.45) is 0 Å². The molecule has 0 spiro atoms. The lowest BCUT2D eigenvalue weighted by Gasteiger charge is -2.23. The number of aryl methyl sites for hydroxylation is 1. The second-order valence-corrected chi connectivity index (χ2v) is 5.03. The van der Waals surface area contributed by atoms with E-state index < -0.39 is 0 Å². The van der Waals surface area contributed by atoms with E-state index in [1.54, 1.807) is 19.1 Å². The smallest absolute Gasteiger partial charge is 0.251 e. The highest BCUT2D eigenvalue weighted by molar-refractivity contribution is 9.09. The van der Waals surface area contributed by atoms with E-state index in [-0.39, 0.29) is 17.2 Å². The van der Waals surface area contributed by atoms with E-state index in [1.807, 2.05) is 13.8 Å². The Balaban J connectivity index is 2.85. The number of hydrogen-bond acceptors (Lipinski definition) is 2. The first kappa shape index (κ1) is 13.0. The van der Waals surface area contributed by atoms with E-state index in [0.29, 0.717) is 16.5 Å². The van der Waals surface area contributed by atoms with Crippen LogP contribution in [0.25, 0.3) is 0 Å². The standard InChI is InChI=1S/C12H16BrNO2/c1-8-6-9(4-5-10(8)15)11(16)14-12(2,3)7-13/h4-6,15H,7H2,1-3H3,(H,14,16). The third kappa shape index (κ3) is 3.23. The summed E-state index contributed by atoms with van der Waals surface area (Å²) < 4.78 is 0. The Kier molecular flexibility index (Phi) is 3.97. The highest BCUT2D eigenvalue weighted by Gasteiger charge is 2.19. The molecule has 1 rings (SSSR count). The van der Waals surface area contributed by atoms with Crippen molar-refractivity contribution in [1.29, 1.82) is 0 Å². The Labute approximate surface area is 104 Å². The molecule has 0 saturated carbocycles. The number of carbonyl (C=O) groups excluding carboxylic acids is 1. The summed E-state index contributed by atoms with van der Waals surface area (Å²) in [6.07, 6.45) is 0. The number of carbonyl (C=O) groups is 1. The normalized spacial score (nSPS) is 11.2. The molecule has 0 bridgehead atoms. The van der Waals surface area contributed by atoms with E-state index in [2.05, 4.69) is 21.2 Å². The van der Waals surface area contributed by atoms with E-state index in [0.717, 1.165) is 0 Å². The zero-order valence-corrected chi connectivity index (χ0v) is 11.3. The van der Waals surface area contributed by atoms with Gasteiger partial charge in [-0.3, -0.25) is 4.79 Å². The van der Waals surface area contributed by atoms with E-state index in [1.165, 1.54) is 6.07 Å². The minimum absolute atomic E-state index is 0.132. The highest BCUT2D eigenvalue weighted by atomic mass is 79.9. The van der Waals surface area contributed by atoms with Crippen molar-refractivity contribution in [3.63, 3.8) is 0 Å². The van der Waals surface area contributed by atoms with Crippen molar-refractivity contribution in [2.75, 3.05) is 5.33 Å². The van der Waals surface area contributed by atoms with Crippen LogP contribution in [-0.4, -0.2) is 21.9 Å². The second kappa shape index (κ2) is 4.87. The molecule has 0 fully saturated rings. The van der Waals surface area contributed by atoms with Crippen LogP contribution in [0.2, 0.25) is 0 Å². The van der Waals surface area contributed by atoms with Gasteiger partial charge in [-0.15, -0.1) is 0 Å². The average Bonchev–Trinajstić information content (AvgIpc) is 2.21. The lowest BCUT2D eigenvalue weighted by molar-refractivity contribution is 0.0921. The van der Waals surface area contributed by atoms with E-state index in [4.69, 9.17) is 0 Å². The fraction of sp³-hybridized carbons (Fsp3) is 0.417. The highest BCUT2D eigenvalue weighted by Crippen LogP contribution is 2.17. The van der Waals surface area contributed by atoms with Crippen molar-refractivity contribution >= 4 is 21.8 Å². The first-order valence-electron chi connectivity index (χ1n) is 5.04. The summed E-state index contributed by atoms with van der Waals surface area (Å²) in [6.45, 7) is 5.64. The van der Waals surface area contributed by atoms with Crippen LogP contribution < -0.4 is 5.32 Å². The van der Waals surface area contributed by atoms with Crippen LogP contribution in [-0.2, 0) is 0 Å². The largest absolute Gasteiger partial charge is 0.508 e. The molecule has 4 heteroatoms. The van der Waals surface area contributed by atoms with Gasteiger partial charge >= 0.3 is 0 Å². The molecule has 0 aliphatic carbocycles. The molecule has 0 saturated heterocycles. The Morgan fingerprint density at radius 1 is 1.50 bits per heavy atom. The average molecular weight is 286 g/mol. The summed E-state index contributed by atoms with van der Waals surface area (Å²) in [7, 11) is 0. The van der Waals surface area contributed by atoms with Crippen LogP contribution in [0.1, 0.15) is 29.8 Å². The summed E-state index contributed by atoms with van der Waals surface area (Å²) >= 11 is 3.34. The van der Waals surface area contributed by atoms with Gasteiger partial charge in [0.25, 0.3) is 5.91 Å². The molecular weight excluding hydrogens is 270 g/mol. The summed E-state index contributed by atoms with van der Waals surface area (Å²) in [5.74, 6) is 0.0730. The molecule has 0 heterocycles. The number of phenolic OH excluding ortho intramolecular Hbond substituents is 1. The molecule has 0 aliphatic heterocycles. The Bertz CT molecular complexity index is 402. The van der Waals surface area contributed by atoms with Crippen LogP contribution >= 0.6 is 15.9 Å². The summed E-state index contributed by atoms with van der Waals surface area (Å²) in [5, 5.41) is 12.9. The van der Waals surface area contributed by atoms with E-state index in [9.17, 15) is 9.90 Å². The third-order valence-corrected chi connectivity index (χ3v) is 3.65. The number of alkyl halides is 1. The topological polar surface area (TPSA) is 49.3 Å². The number of halogens is 1. The van der Waals surface area contributed by atoms with Crippen molar-refractivity contribution in [1.82, 2.24) is 5.32 Å². The molecule has 0 atom stereocenters. The first-order valence-corrected chi connectivity index (χ1v) is 6.16. The van der Waals surface area contributed by atoms with Crippen LogP contribution in [0.3, 0.4) is 0 Å². The maximum Gasteiger partial charge on any atom is 0.251 e. The predicted molar refractivity (Wildman–Crippen MR) is 68.2 cm³/mol. The molecule has 1 aromatic carbocycles. The molecule has 0 radical (unpaired) electrons. The number of aromatic hydroxyl groups is 1. The predicted octanol–water partition coefficient (Wildman–Crippen LogP) is 2.60. The van der Waals surface area contributed by atoms with Gasteiger partial charge in [-0.1, -0.05) is 15.9 Å². The van der Waals surface area contributed by atoms with Gasteiger partial charge in [-0.05, 0) is 44.5 Å². The van der Waals surface area contributed by atoms with Gasteiger partial charge < -0.3 is 10.4 Å². The quantitative estimate of drug-likeness (QED) is 0.839. The minimum Gasteiger partial charge on any atom is -0.508 e. The van der Waals surface area contributed by atoms with Crippen LogP contribution in [0, 0.1) is 6.92 Å². The summed E-state index contributed by atoms with van der Waals surface area (Å²) in [4.78, 5) is 11.9. The Morgan fingerprint density at radius 3 is 2.62 bits per heavy atom. The fourth-order valence-electron chi connectivity index (χ4n) is 1.21.